The first-order valence-electron chi connectivity index (χ1n) is 18.9. The van der Waals surface area contributed by atoms with E-state index in [9.17, 15) is 0 Å². The van der Waals surface area contributed by atoms with E-state index in [1.165, 1.54) is 21.5 Å². The highest BCUT2D eigenvalue weighted by Gasteiger charge is 2.25. The van der Waals surface area contributed by atoms with Crippen LogP contribution in [0.1, 0.15) is 0 Å². The second-order valence-electron chi connectivity index (χ2n) is 14.3. The zero-order valence-electron chi connectivity index (χ0n) is 30.1. The van der Waals surface area contributed by atoms with Crippen LogP contribution in [0.2, 0.25) is 0 Å². The van der Waals surface area contributed by atoms with Gasteiger partial charge in [0.2, 0.25) is 0 Å². The molecule has 0 aliphatic rings. The highest BCUT2D eigenvalue weighted by molar-refractivity contribution is 6.28. The lowest BCUT2D eigenvalue weighted by Gasteiger charge is -2.29. The lowest BCUT2D eigenvalue weighted by Crippen LogP contribution is -2.12. The van der Waals surface area contributed by atoms with Gasteiger partial charge in [-0.2, -0.15) is 0 Å². The number of nitrogens with zero attached hydrogens (tertiary/aromatic N) is 3. The van der Waals surface area contributed by atoms with Crippen LogP contribution in [0.3, 0.4) is 0 Å². The van der Waals surface area contributed by atoms with Crippen LogP contribution in [0.15, 0.2) is 197 Å². The molecule has 0 aliphatic carbocycles. The Morgan fingerprint density at radius 3 is 1.43 bits per heavy atom. The van der Waals surface area contributed by atoms with Gasteiger partial charge in [0.25, 0.3) is 0 Å². The first kappa shape index (κ1) is 30.8. The number of rotatable bonds is 6. The third-order valence-electron chi connectivity index (χ3n) is 11.2. The topological polar surface area (TPSA) is 45.7 Å². The van der Waals surface area contributed by atoms with Crippen LogP contribution in [-0.2, 0) is 0 Å². The highest BCUT2D eigenvalue weighted by atomic mass is 16.3. The number of anilines is 6. The molecule has 9 aromatic carbocycles. The van der Waals surface area contributed by atoms with E-state index in [-0.39, 0.29) is 0 Å². The second-order valence-corrected chi connectivity index (χ2v) is 14.3. The third kappa shape index (κ3) is 4.46. The number of hydrogen-bond acceptors (Lipinski definition) is 5. The zero-order valence-corrected chi connectivity index (χ0v) is 30.1. The molecular weight excluding hydrogens is 687 g/mol. The SMILES string of the molecule is c1ccc(N(c2ccc3ccc4c(N(c5ccccn5)c5cccc6c5oc5ccccc56)ccc5ccc2c3c54)c2cccc3c2oc2ccccc23)cc1. The zero-order chi connectivity index (χ0) is 36.7. The van der Waals surface area contributed by atoms with Crippen LogP contribution in [-0.4, -0.2) is 4.98 Å². The number of para-hydroxylation sites is 5. The average molecular weight is 718 g/mol. The summed E-state index contributed by atoms with van der Waals surface area (Å²) >= 11 is 0. The fourth-order valence-corrected chi connectivity index (χ4v) is 8.82. The maximum Gasteiger partial charge on any atom is 0.159 e. The van der Waals surface area contributed by atoms with Crippen LogP contribution in [0.5, 0.6) is 0 Å². The van der Waals surface area contributed by atoms with E-state index in [2.05, 4.69) is 155 Å². The fraction of sp³-hybridized carbons (Fsp3) is 0. The molecule has 0 spiro atoms. The highest BCUT2D eigenvalue weighted by Crippen LogP contribution is 2.50. The molecule has 0 N–H and O–H groups in total. The molecule has 0 aliphatic heterocycles. The minimum absolute atomic E-state index is 0.811. The normalized spacial score (nSPS) is 11.9. The molecule has 0 bridgehead atoms. The summed E-state index contributed by atoms with van der Waals surface area (Å²) in [4.78, 5) is 9.51. The third-order valence-corrected chi connectivity index (χ3v) is 11.2. The molecule has 56 heavy (non-hydrogen) atoms. The molecule has 12 rings (SSSR count). The van der Waals surface area contributed by atoms with E-state index < -0.39 is 0 Å². The van der Waals surface area contributed by atoms with E-state index in [4.69, 9.17) is 13.8 Å². The van der Waals surface area contributed by atoms with Gasteiger partial charge in [-0.05, 0) is 82.2 Å². The van der Waals surface area contributed by atoms with Gasteiger partial charge in [0.05, 0.1) is 22.7 Å². The largest absolute Gasteiger partial charge is 0.454 e. The van der Waals surface area contributed by atoms with Crippen molar-refractivity contribution in [3.8, 4) is 0 Å². The Morgan fingerprint density at radius 2 is 0.839 bits per heavy atom. The predicted octanol–water partition coefficient (Wildman–Crippen LogP) is 14.7. The monoisotopic (exact) mass is 717 g/mol. The van der Waals surface area contributed by atoms with Crippen molar-refractivity contribution in [3.63, 3.8) is 0 Å². The first-order chi connectivity index (χ1) is 27.8. The van der Waals surface area contributed by atoms with Crippen molar-refractivity contribution in [2.24, 2.45) is 0 Å². The lowest BCUT2D eigenvalue weighted by molar-refractivity contribution is 0.668. The molecule has 3 aromatic heterocycles. The summed E-state index contributed by atoms with van der Waals surface area (Å²) in [6.07, 6.45) is 1.85. The lowest BCUT2D eigenvalue weighted by atomic mass is 9.91. The Hall–Kier alpha value is -7.63. The van der Waals surface area contributed by atoms with Crippen molar-refractivity contribution in [2.75, 3.05) is 9.80 Å². The van der Waals surface area contributed by atoms with Crippen LogP contribution >= 0.6 is 0 Å². The minimum Gasteiger partial charge on any atom is -0.454 e. The molecule has 12 aromatic rings. The summed E-state index contributed by atoms with van der Waals surface area (Å²) in [5, 5.41) is 11.4. The van der Waals surface area contributed by atoms with Gasteiger partial charge in [0, 0.05) is 44.2 Å². The van der Waals surface area contributed by atoms with Crippen molar-refractivity contribution in [1.82, 2.24) is 4.98 Å². The van der Waals surface area contributed by atoms with Gasteiger partial charge in [-0.3, -0.25) is 4.90 Å². The van der Waals surface area contributed by atoms with Gasteiger partial charge in [0.1, 0.15) is 17.0 Å². The summed E-state index contributed by atoms with van der Waals surface area (Å²) in [6, 6.07) is 64.0. The molecular formula is C51H31N3O2. The second kappa shape index (κ2) is 11.9. The molecule has 262 valence electrons. The molecule has 0 unspecified atom stereocenters. The average Bonchev–Trinajstić information content (AvgIpc) is 3.84. The minimum atomic E-state index is 0.811. The van der Waals surface area contributed by atoms with E-state index in [0.29, 0.717) is 0 Å². The van der Waals surface area contributed by atoms with Gasteiger partial charge >= 0.3 is 0 Å². The number of hydrogen-bond donors (Lipinski definition) is 0. The number of fused-ring (bicyclic) bond motifs is 6. The van der Waals surface area contributed by atoms with Gasteiger partial charge in [-0.1, -0.05) is 121 Å². The molecule has 0 saturated heterocycles. The van der Waals surface area contributed by atoms with E-state index in [0.717, 1.165) is 88.9 Å². The van der Waals surface area contributed by atoms with Crippen molar-refractivity contribution in [3.05, 3.63) is 188 Å². The van der Waals surface area contributed by atoms with Crippen molar-refractivity contribution < 1.29 is 8.83 Å². The summed E-state index contributed by atoms with van der Waals surface area (Å²) in [5.41, 5.74) is 8.49. The number of furan rings is 2. The van der Waals surface area contributed by atoms with Crippen molar-refractivity contribution in [1.29, 1.82) is 0 Å². The summed E-state index contributed by atoms with van der Waals surface area (Å²) in [6.45, 7) is 0. The van der Waals surface area contributed by atoms with Crippen LogP contribution in [0.25, 0.3) is 76.2 Å². The molecule has 0 atom stereocenters. The number of pyridine rings is 1. The summed E-state index contributed by atoms with van der Waals surface area (Å²) in [5.74, 6) is 0.811. The quantitative estimate of drug-likeness (QED) is 0.160. The standard InChI is InChI=1S/C51H31N3O2/c1-2-12-34(13-3-1)53(43-18-10-16-37-35-14-4-6-20-45(35)55-50(37)43)41-29-25-32-24-28-40-42(30-26-33-23-27-39(41)48(32)49(33)40)54(47-22-8-9-31-52-47)44-19-11-17-38-36-15-5-7-21-46(36)56-51(38)44/h1-31H. The molecule has 5 nitrogen and oxygen atoms in total. The van der Waals surface area contributed by atoms with E-state index >= 15 is 0 Å². The first-order valence-corrected chi connectivity index (χ1v) is 18.9. The molecule has 3 heterocycles. The Labute approximate surface area is 321 Å². The molecule has 0 saturated carbocycles. The Morgan fingerprint density at radius 1 is 0.339 bits per heavy atom. The van der Waals surface area contributed by atoms with Crippen molar-refractivity contribution >= 4 is 110 Å². The van der Waals surface area contributed by atoms with Gasteiger partial charge in [0.15, 0.2) is 11.2 Å². The summed E-state index contributed by atoms with van der Waals surface area (Å²) in [7, 11) is 0. The Kier molecular flexibility index (Phi) is 6.56. The Balaban J connectivity index is 1.13. The number of benzene rings is 9. The predicted molar refractivity (Wildman–Crippen MR) is 232 cm³/mol. The maximum atomic E-state index is 6.65. The fourth-order valence-electron chi connectivity index (χ4n) is 8.82. The van der Waals surface area contributed by atoms with Gasteiger partial charge in [-0.15, -0.1) is 0 Å². The van der Waals surface area contributed by atoms with Crippen LogP contribution in [0.4, 0.5) is 34.3 Å². The summed E-state index contributed by atoms with van der Waals surface area (Å²) < 4.78 is 13.3. The van der Waals surface area contributed by atoms with Crippen LogP contribution < -0.4 is 9.80 Å². The van der Waals surface area contributed by atoms with Crippen LogP contribution in [0, 0.1) is 0 Å². The molecule has 0 fully saturated rings. The maximum absolute atomic E-state index is 6.65. The number of aromatic nitrogens is 1. The smallest absolute Gasteiger partial charge is 0.159 e. The van der Waals surface area contributed by atoms with Gasteiger partial charge < -0.3 is 13.7 Å². The molecule has 0 radical (unpaired) electrons. The molecule has 0 amide bonds. The van der Waals surface area contributed by atoms with Crippen molar-refractivity contribution in [2.45, 2.75) is 0 Å². The Bertz CT molecular complexity index is 3210. The van der Waals surface area contributed by atoms with E-state index in [1.54, 1.807) is 0 Å². The van der Waals surface area contributed by atoms with E-state index in [1.807, 2.05) is 42.6 Å². The van der Waals surface area contributed by atoms with Gasteiger partial charge in [-0.25, -0.2) is 4.98 Å². The molecule has 5 heteroatoms.